The summed E-state index contributed by atoms with van der Waals surface area (Å²) in [4.78, 5) is 0.538. The second-order valence-electron chi connectivity index (χ2n) is 7.62. The first-order valence-corrected chi connectivity index (χ1v) is 11.9. The summed E-state index contributed by atoms with van der Waals surface area (Å²) < 4.78 is 0. The Labute approximate surface area is 166 Å². The van der Waals surface area contributed by atoms with E-state index in [1.807, 2.05) is 0 Å². The molecule has 0 radical (unpaired) electrons. The summed E-state index contributed by atoms with van der Waals surface area (Å²) >= 11 is 3.83. The fourth-order valence-electron chi connectivity index (χ4n) is 3.52. The SMILES string of the molecule is CCCCCCCCCCCCCCCCCC(Br)c1ccccc1. The number of halogens is 1. The molecule has 1 heteroatoms. The Morgan fingerprint density at radius 2 is 1.00 bits per heavy atom. The van der Waals surface area contributed by atoms with Crippen LogP contribution < -0.4 is 0 Å². The summed E-state index contributed by atoms with van der Waals surface area (Å²) in [5.74, 6) is 0. The van der Waals surface area contributed by atoms with E-state index < -0.39 is 0 Å². The highest BCUT2D eigenvalue weighted by atomic mass is 79.9. The molecule has 0 heterocycles. The van der Waals surface area contributed by atoms with Gasteiger partial charge >= 0.3 is 0 Å². The van der Waals surface area contributed by atoms with Gasteiger partial charge in [-0.1, -0.05) is 149 Å². The fraction of sp³-hybridized carbons (Fsp3) is 0.750. The Kier molecular flexibility index (Phi) is 15.6. The predicted octanol–water partition coefficient (Wildman–Crippen LogP) is 9.38. The van der Waals surface area contributed by atoms with Gasteiger partial charge in [-0.25, -0.2) is 0 Å². The molecule has 0 aromatic heterocycles. The molecule has 1 rings (SSSR count). The van der Waals surface area contributed by atoms with Crippen LogP contribution in [0.5, 0.6) is 0 Å². The lowest BCUT2D eigenvalue weighted by Gasteiger charge is -2.09. The third-order valence-electron chi connectivity index (χ3n) is 5.22. The zero-order chi connectivity index (χ0) is 18.0. The summed E-state index contributed by atoms with van der Waals surface area (Å²) in [7, 11) is 0. The Hall–Kier alpha value is -0.300. The maximum absolute atomic E-state index is 3.83. The summed E-state index contributed by atoms with van der Waals surface area (Å²) in [5, 5.41) is 0. The highest BCUT2D eigenvalue weighted by Crippen LogP contribution is 2.28. The molecule has 144 valence electrons. The van der Waals surface area contributed by atoms with Crippen LogP contribution in [0.1, 0.15) is 120 Å². The maximum atomic E-state index is 3.83. The van der Waals surface area contributed by atoms with E-state index in [0.29, 0.717) is 4.83 Å². The summed E-state index contributed by atoms with van der Waals surface area (Å²) in [6.07, 6.45) is 22.8. The van der Waals surface area contributed by atoms with Gasteiger partial charge in [-0.15, -0.1) is 0 Å². The zero-order valence-corrected chi connectivity index (χ0v) is 18.2. The van der Waals surface area contributed by atoms with Crippen molar-refractivity contribution < 1.29 is 0 Å². The maximum Gasteiger partial charge on any atom is 0.0395 e. The second kappa shape index (κ2) is 17.1. The van der Waals surface area contributed by atoms with Crippen molar-refractivity contribution in [2.24, 2.45) is 0 Å². The molecule has 0 fully saturated rings. The van der Waals surface area contributed by atoms with Gasteiger partial charge in [0.2, 0.25) is 0 Å². The fourth-order valence-corrected chi connectivity index (χ4v) is 4.15. The molecule has 0 nitrogen and oxygen atoms in total. The monoisotopic (exact) mass is 408 g/mol. The van der Waals surface area contributed by atoms with Gasteiger partial charge in [0.1, 0.15) is 0 Å². The molecule has 0 N–H and O–H groups in total. The predicted molar refractivity (Wildman–Crippen MR) is 118 cm³/mol. The van der Waals surface area contributed by atoms with Gasteiger partial charge in [0.05, 0.1) is 0 Å². The Morgan fingerprint density at radius 3 is 1.44 bits per heavy atom. The third kappa shape index (κ3) is 13.5. The highest BCUT2D eigenvalue weighted by Gasteiger charge is 2.05. The van der Waals surface area contributed by atoms with Crippen LogP contribution in [-0.4, -0.2) is 0 Å². The van der Waals surface area contributed by atoms with Gasteiger partial charge in [0, 0.05) is 4.83 Å². The Bertz CT molecular complexity index is 373. The van der Waals surface area contributed by atoms with Gasteiger partial charge in [0.25, 0.3) is 0 Å². The molecular formula is C24H41Br. The van der Waals surface area contributed by atoms with Crippen LogP contribution in [0.15, 0.2) is 30.3 Å². The molecule has 0 saturated carbocycles. The number of rotatable bonds is 17. The lowest BCUT2D eigenvalue weighted by atomic mass is 10.0. The van der Waals surface area contributed by atoms with Gasteiger partial charge in [-0.2, -0.15) is 0 Å². The van der Waals surface area contributed by atoms with E-state index in [-0.39, 0.29) is 0 Å². The number of benzene rings is 1. The van der Waals surface area contributed by atoms with E-state index in [1.54, 1.807) is 0 Å². The topological polar surface area (TPSA) is 0 Å². The number of unbranched alkanes of at least 4 members (excludes halogenated alkanes) is 14. The van der Waals surface area contributed by atoms with Crippen LogP contribution >= 0.6 is 15.9 Å². The number of hydrogen-bond donors (Lipinski definition) is 0. The van der Waals surface area contributed by atoms with Crippen molar-refractivity contribution in [3.8, 4) is 0 Å². The molecular weight excluding hydrogens is 368 g/mol. The average molecular weight is 409 g/mol. The molecule has 1 aromatic rings. The van der Waals surface area contributed by atoms with E-state index in [0.717, 1.165) is 0 Å². The van der Waals surface area contributed by atoms with Crippen LogP contribution in [-0.2, 0) is 0 Å². The third-order valence-corrected chi connectivity index (χ3v) is 6.21. The lowest BCUT2D eigenvalue weighted by molar-refractivity contribution is 0.529. The highest BCUT2D eigenvalue weighted by molar-refractivity contribution is 9.09. The minimum Gasteiger partial charge on any atom is -0.0839 e. The van der Waals surface area contributed by atoms with Gasteiger partial charge in [-0.05, 0) is 12.0 Å². The Morgan fingerprint density at radius 1 is 0.600 bits per heavy atom. The van der Waals surface area contributed by atoms with Crippen LogP contribution in [0.25, 0.3) is 0 Å². The summed E-state index contributed by atoms with van der Waals surface area (Å²) in [6.45, 7) is 2.29. The first-order valence-electron chi connectivity index (χ1n) is 11.0. The van der Waals surface area contributed by atoms with Crippen LogP contribution in [0.4, 0.5) is 0 Å². The largest absolute Gasteiger partial charge is 0.0839 e. The first-order chi connectivity index (χ1) is 12.3. The van der Waals surface area contributed by atoms with Crippen molar-refractivity contribution in [2.75, 3.05) is 0 Å². The van der Waals surface area contributed by atoms with E-state index >= 15 is 0 Å². The van der Waals surface area contributed by atoms with E-state index in [9.17, 15) is 0 Å². The smallest absolute Gasteiger partial charge is 0.0395 e. The second-order valence-corrected chi connectivity index (χ2v) is 8.72. The van der Waals surface area contributed by atoms with E-state index in [2.05, 4.69) is 53.2 Å². The molecule has 0 aliphatic rings. The molecule has 25 heavy (non-hydrogen) atoms. The summed E-state index contributed by atoms with van der Waals surface area (Å²) in [5.41, 5.74) is 1.42. The van der Waals surface area contributed by atoms with Crippen molar-refractivity contribution >= 4 is 15.9 Å². The molecule has 1 unspecified atom stereocenters. The van der Waals surface area contributed by atoms with Crippen molar-refractivity contribution in [3.63, 3.8) is 0 Å². The molecule has 0 spiro atoms. The van der Waals surface area contributed by atoms with Crippen LogP contribution in [0, 0.1) is 0 Å². The minimum absolute atomic E-state index is 0.538. The van der Waals surface area contributed by atoms with Crippen molar-refractivity contribution in [2.45, 2.75) is 114 Å². The molecule has 1 atom stereocenters. The quantitative estimate of drug-likeness (QED) is 0.178. The van der Waals surface area contributed by atoms with Crippen LogP contribution in [0.3, 0.4) is 0 Å². The standard InChI is InChI=1S/C24H41Br/c1-2-3-4-5-6-7-8-9-10-11-12-13-14-15-19-22-24(25)23-20-17-16-18-21-23/h16-18,20-21,24H,2-15,19,22H2,1H3. The molecule has 0 bridgehead atoms. The van der Waals surface area contributed by atoms with Crippen molar-refractivity contribution in [1.82, 2.24) is 0 Å². The van der Waals surface area contributed by atoms with Crippen molar-refractivity contribution in [3.05, 3.63) is 35.9 Å². The van der Waals surface area contributed by atoms with Gasteiger partial charge in [0.15, 0.2) is 0 Å². The lowest BCUT2D eigenvalue weighted by Crippen LogP contribution is -1.90. The van der Waals surface area contributed by atoms with Gasteiger partial charge < -0.3 is 0 Å². The molecule has 0 aliphatic heterocycles. The normalized spacial score (nSPS) is 12.4. The first kappa shape index (κ1) is 22.7. The van der Waals surface area contributed by atoms with Crippen molar-refractivity contribution in [1.29, 1.82) is 0 Å². The number of hydrogen-bond acceptors (Lipinski definition) is 0. The minimum atomic E-state index is 0.538. The molecule has 1 aromatic carbocycles. The van der Waals surface area contributed by atoms with Crippen LogP contribution in [0.2, 0.25) is 0 Å². The average Bonchev–Trinajstić information content (AvgIpc) is 2.65. The molecule has 0 amide bonds. The number of alkyl halides is 1. The van der Waals surface area contributed by atoms with E-state index in [4.69, 9.17) is 0 Å². The van der Waals surface area contributed by atoms with E-state index in [1.165, 1.54) is 108 Å². The Balaban J connectivity index is 1.77. The van der Waals surface area contributed by atoms with Gasteiger partial charge in [-0.3, -0.25) is 0 Å². The molecule has 0 saturated heterocycles. The summed E-state index contributed by atoms with van der Waals surface area (Å²) in [6, 6.07) is 10.8. The molecule has 0 aliphatic carbocycles. The zero-order valence-electron chi connectivity index (χ0n) is 16.7.